The van der Waals surface area contributed by atoms with Crippen LogP contribution in [0.5, 0.6) is 5.75 Å². The van der Waals surface area contributed by atoms with Gasteiger partial charge in [0.05, 0.1) is 23.7 Å². The van der Waals surface area contributed by atoms with Crippen molar-refractivity contribution in [2.75, 3.05) is 23.3 Å². The van der Waals surface area contributed by atoms with E-state index in [0.717, 1.165) is 22.4 Å². The molecule has 0 radical (unpaired) electrons. The number of ether oxygens (including phenoxy) is 2. The van der Waals surface area contributed by atoms with Crippen LogP contribution in [-0.4, -0.2) is 47.8 Å². The molecule has 14 heteroatoms. The van der Waals surface area contributed by atoms with Gasteiger partial charge in [-0.05, 0) is 66.4 Å². The number of rotatable bonds is 15. The number of fused-ring (bicyclic) bond motifs is 2. The number of benzene rings is 4. The van der Waals surface area contributed by atoms with Gasteiger partial charge in [-0.15, -0.1) is 0 Å². The molecule has 4 aromatic carbocycles. The summed E-state index contributed by atoms with van der Waals surface area (Å²) >= 11 is 0. The smallest absolute Gasteiger partial charge is 0.429 e. The van der Waals surface area contributed by atoms with Gasteiger partial charge in [-0.1, -0.05) is 54.3 Å². The first-order valence-electron chi connectivity index (χ1n) is 17.1. The second kappa shape index (κ2) is 19.0. The lowest BCUT2D eigenvalue weighted by atomic mass is 10.0. The molecular formula is C40H37N5O9. The molecule has 276 valence electrons. The third-order valence-corrected chi connectivity index (χ3v) is 8.18. The summed E-state index contributed by atoms with van der Waals surface area (Å²) < 4.78 is 10.0. The SMILES string of the molecule is O=C(CCCCC(=O)NCC(=O)Nc1ccc(COC(=O)Oc2ccc([N+](=O)[O-])cc2)cc1)NCCC(=O)N1Cc2ccccc2C#Cc2ccccc21. The normalized spacial score (nSPS) is 11.2. The lowest BCUT2D eigenvalue weighted by Gasteiger charge is -2.26. The zero-order valence-corrected chi connectivity index (χ0v) is 29.2. The van der Waals surface area contributed by atoms with Crippen molar-refractivity contribution in [2.45, 2.75) is 45.3 Å². The predicted octanol–water partition coefficient (Wildman–Crippen LogP) is 5.38. The molecule has 1 aliphatic heterocycles. The van der Waals surface area contributed by atoms with Gasteiger partial charge >= 0.3 is 6.16 Å². The number of nitrogens with zero attached hydrogens (tertiary/aromatic N) is 2. The molecule has 0 bridgehead atoms. The van der Waals surface area contributed by atoms with Crippen molar-refractivity contribution in [3.63, 3.8) is 0 Å². The Kier molecular flexibility index (Phi) is 13.5. The molecule has 4 amide bonds. The van der Waals surface area contributed by atoms with E-state index < -0.39 is 17.0 Å². The number of amides is 4. The number of carbonyl (C=O) groups excluding carboxylic acids is 5. The lowest BCUT2D eigenvalue weighted by Crippen LogP contribution is -2.35. The molecule has 54 heavy (non-hydrogen) atoms. The Morgan fingerprint density at radius 1 is 0.741 bits per heavy atom. The van der Waals surface area contributed by atoms with Crippen LogP contribution in [0.2, 0.25) is 0 Å². The number of para-hydroxylation sites is 1. The van der Waals surface area contributed by atoms with E-state index >= 15 is 0 Å². The van der Waals surface area contributed by atoms with E-state index in [1.54, 1.807) is 29.2 Å². The molecule has 14 nitrogen and oxygen atoms in total. The molecule has 0 saturated heterocycles. The Hall–Kier alpha value is -7.01. The number of unbranched alkanes of at least 4 members (excludes halogenated alkanes) is 1. The Balaban J connectivity index is 0.931. The number of nitro groups is 1. The van der Waals surface area contributed by atoms with Gasteiger partial charge in [-0.2, -0.15) is 0 Å². The Morgan fingerprint density at radius 3 is 2.11 bits per heavy atom. The van der Waals surface area contributed by atoms with E-state index in [1.165, 1.54) is 24.3 Å². The molecule has 0 unspecified atom stereocenters. The molecule has 0 spiro atoms. The quantitative estimate of drug-likeness (QED) is 0.0361. The lowest BCUT2D eigenvalue weighted by molar-refractivity contribution is -0.384. The fourth-order valence-corrected chi connectivity index (χ4v) is 5.37. The molecule has 0 fully saturated rings. The number of carbonyl (C=O) groups is 5. The predicted molar refractivity (Wildman–Crippen MR) is 198 cm³/mol. The van der Waals surface area contributed by atoms with Crippen LogP contribution in [0.3, 0.4) is 0 Å². The number of non-ortho nitro benzene ring substituents is 1. The number of nitrogens with one attached hydrogen (secondary N) is 3. The first-order chi connectivity index (χ1) is 26.1. The highest BCUT2D eigenvalue weighted by atomic mass is 16.7. The number of nitro benzene ring substituents is 1. The minimum absolute atomic E-state index is 0.0923. The average molecular weight is 732 g/mol. The van der Waals surface area contributed by atoms with Crippen molar-refractivity contribution in [1.82, 2.24) is 10.6 Å². The van der Waals surface area contributed by atoms with Crippen molar-refractivity contribution in [3.8, 4) is 17.6 Å². The minimum atomic E-state index is -0.988. The molecule has 0 atom stereocenters. The highest BCUT2D eigenvalue weighted by Gasteiger charge is 2.21. The van der Waals surface area contributed by atoms with Gasteiger partial charge < -0.3 is 30.3 Å². The van der Waals surface area contributed by atoms with Crippen LogP contribution in [0, 0.1) is 22.0 Å². The number of hydrogen-bond acceptors (Lipinski definition) is 9. The molecular weight excluding hydrogens is 694 g/mol. The van der Waals surface area contributed by atoms with Crippen LogP contribution in [0.4, 0.5) is 21.9 Å². The molecule has 0 aliphatic carbocycles. The summed E-state index contributed by atoms with van der Waals surface area (Å²) in [5.41, 5.74) is 4.24. The molecule has 0 saturated carbocycles. The highest BCUT2D eigenvalue weighted by Crippen LogP contribution is 2.26. The standard InChI is InChI=1S/C40H37N5O9/c46-36(41-24-23-39(49)44-26-31-9-2-1-7-29(31)15-16-30-8-3-4-10-35(30)44)11-5-6-12-37(47)42-25-38(48)43-32-17-13-28(14-18-32)27-53-40(50)54-34-21-19-33(20-22-34)45(51)52/h1-4,7-10,13-14,17-22H,5-6,11-12,23-27H2,(H,41,46)(H,42,47)(H,43,48). The van der Waals surface area contributed by atoms with E-state index in [2.05, 4.69) is 27.8 Å². The maximum absolute atomic E-state index is 13.3. The maximum atomic E-state index is 13.3. The third kappa shape index (κ3) is 11.5. The van der Waals surface area contributed by atoms with Crippen molar-refractivity contribution in [3.05, 3.63) is 129 Å². The fourth-order valence-electron chi connectivity index (χ4n) is 5.37. The Morgan fingerprint density at radius 2 is 1.39 bits per heavy atom. The van der Waals surface area contributed by atoms with Gasteiger partial charge in [0.1, 0.15) is 12.4 Å². The van der Waals surface area contributed by atoms with Crippen molar-refractivity contribution in [2.24, 2.45) is 0 Å². The van der Waals surface area contributed by atoms with Crippen LogP contribution in [-0.2, 0) is 37.1 Å². The van der Waals surface area contributed by atoms with Crippen LogP contribution in [0.25, 0.3) is 0 Å². The van der Waals surface area contributed by atoms with E-state index in [-0.39, 0.29) is 68.1 Å². The van der Waals surface area contributed by atoms with E-state index in [9.17, 15) is 34.1 Å². The third-order valence-electron chi connectivity index (χ3n) is 8.18. The topological polar surface area (TPSA) is 186 Å². The zero-order valence-electron chi connectivity index (χ0n) is 29.2. The zero-order chi connectivity index (χ0) is 38.3. The van der Waals surface area contributed by atoms with E-state index in [1.807, 2.05) is 48.5 Å². The summed E-state index contributed by atoms with van der Waals surface area (Å²) in [5, 5.41) is 18.7. The fraction of sp³-hybridized carbons (Fsp3) is 0.225. The number of anilines is 2. The van der Waals surface area contributed by atoms with Crippen molar-refractivity contribution in [1.29, 1.82) is 0 Å². The highest BCUT2D eigenvalue weighted by molar-refractivity contribution is 5.96. The molecule has 0 aromatic heterocycles. The molecule has 5 rings (SSSR count). The monoisotopic (exact) mass is 731 g/mol. The summed E-state index contributed by atoms with van der Waals surface area (Å²) in [6, 6.07) is 26.6. The first-order valence-corrected chi connectivity index (χ1v) is 17.1. The second-order valence-electron chi connectivity index (χ2n) is 12.1. The molecule has 4 aromatic rings. The van der Waals surface area contributed by atoms with Crippen molar-refractivity contribution < 1.29 is 38.4 Å². The van der Waals surface area contributed by atoms with E-state index in [4.69, 9.17) is 9.47 Å². The summed E-state index contributed by atoms with van der Waals surface area (Å²) in [4.78, 5) is 74.1. The van der Waals surface area contributed by atoms with Crippen molar-refractivity contribution >= 4 is 46.8 Å². The molecule has 1 aliphatic rings. The van der Waals surface area contributed by atoms with Crippen LogP contribution < -0.4 is 25.6 Å². The van der Waals surface area contributed by atoms with Gasteiger partial charge in [0.2, 0.25) is 23.6 Å². The minimum Gasteiger partial charge on any atom is -0.429 e. The molecule has 1 heterocycles. The number of hydrogen-bond donors (Lipinski definition) is 3. The first kappa shape index (κ1) is 38.2. The van der Waals surface area contributed by atoms with Crippen LogP contribution >= 0.6 is 0 Å². The Bertz CT molecular complexity index is 2070. The second-order valence-corrected chi connectivity index (χ2v) is 12.1. The average Bonchev–Trinajstić information content (AvgIpc) is 3.16. The summed E-state index contributed by atoms with van der Waals surface area (Å²) in [7, 11) is 0. The van der Waals surface area contributed by atoms with Gasteiger partial charge in [-0.3, -0.25) is 29.3 Å². The van der Waals surface area contributed by atoms with Gasteiger partial charge in [0.25, 0.3) is 5.69 Å². The maximum Gasteiger partial charge on any atom is 0.514 e. The molecule has 3 N–H and O–H groups in total. The van der Waals surface area contributed by atoms with Gasteiger partial charge in [-0.25, -0.2) is 4.79 Å². The van der Waals surface area contributed by atoms with Crippen LogP contribution in [0.1, 0.15) is 54.4 Å². The summed E-state index contributed by atoms with van der Waals surface area (Å²) in [6.07, 6.45) is 0.356. The van der Waals surface area contributed by atoms with E-state index in [0.29, 0.717) is 30.6 Å². The van der Waals surface area contributed by atoms with Crippen LogP contribution in [0.15, 0.2) is 97.1 Å². The Labute approximate surface area is 311 Å². The summed E-state index contributed by atoms with van der Waals surface area (Å²) in [5.74, 6) is 5.34. The van der Waals surface area contributed by atoms with Gasteiger partial charge in [0.15, 0.2) is 0 Å². The largest absolute Gasteiger partial charge is 0.514 e. The summed E-state index contributed by atoms with van der Waals surface area (Å²) in [6.45, 7) is 0.195. The van der Waals surface area contributed by atoms with Gasteiger partial charge in [0, 0.05) is 54.8 Å².